The van der Waals surface area contributed by atoms with Gasteiger partial charge in [0.2, 0.25) is 0 Å². The van der Waals surface area contributed by atoms with E-state index in [1.807, 2.05) is 30.3 Å². The fourth-order valence-corrected chi connectivity index (χ4v) is 2.04. The lowest BCUT2D eigenvalue weighted by molar-refractivity contribution is 0.0968. The highest BCUT2D eigenvalue weighted by Crippen LogP contribution is 2.22. The third kappa shape index (κ3) is 2.16. The molecule has 0 saturated heterocycles. The Morgan fingerprint density at radius 2 is 1.85 bits per heavy atom. The molecule has 3 rings (SSSR count). The first-order valence-electron chi connectivity index (χ1n) is 6.17. The van der Waals surface area contributed by atoms with Crippen molar-refractivity contribution in [1.82, 2.24) is 0 Å². The Hall–Kier alpha value is -2.62. The van der Waals surface area contributed by atoms with Crippen molar-refractivity contribution in [1.29, 1.82) is 0 Å². The number of rotatable bonds is 2. The summed E-state index contributed by atoms with van der Waals surface area (Å²) in [4.78, 5) is 13.8. The van der Waals surface area contributed by atoms with Gasteiger partial charge >= 0.3 is 0 Å². The molecule has 2 aromatic carbocycles. The summed E-state index contributed by atoms with van der Waals surface area (Å²) in [7, 11) is 1.67. The minimum absolute atomic E-state index is 0.192. The molecule has 1 heterocycles. The van der Waals surface area contributed by atoms with Crippen molar-refractivity contribution in [3.8, 4) is 0 Å². The van der Waals surface area contributed by atoms with Crippen LogP contribution in [-0.2, 0) is 0 Å². The molecule has 0 aliphatic rings. The van der Waals surface area contributed by atoms with Gasteiger partial charge in [-0.3, -0.25) is 4.79 Å². The number of para-hydroxylation sites is 1. The summed E-state index contributed by atoms with van der Waals surface area (Å²) in [6, 6.07) is 15.1. The Morgan fingerprint density at radius 3 is 2.60 bits per heavy atom. The van der Waals surface area contributed by atoms with Crippen molar-refractivity contribution in [2.24, 2.45) is 0 Å². The van der Waals surface area contributed by atoms with E-state index in [9.17, 15) is 9.18 Å². The molecule has 3 nitrogen and oxygen atoms in total. The van der Waals surface area contributed by atoms with Gasteiger partial charge in [-0.25, -0.2) is 4.39 Å². The van der Waals surface area contributed by atoms with Crippen LogP contribution < -0.4 is 4.90 Å². The van der Waals surface area contributed by atoms with Crippen LogP contribution in [0.2, 0.25) is 0 Å². The number of hydrogen-bond acceptors (Lipinski definition) is 2. The number of carbonyl (C=O) groups is 1. The number of nitrogens with zero attached hydrogens (tertiary/aromatic N) is 1. The predicted octanol–water partition coefficient (Wildman–Crippen LogP) is 3.85. The molecular formula is C16H12FNO2. The first kappa shape index (κ1) is 12.4. The van der Waals surface area contributed by atoms with Crippen LogP contribution in [0.4, 0.5) is 10.1 Å². The molecule has 1 aromatic heterocycles. The van der Waals surface area contributed by atoms with Gasteiger partial charge in [0.05, 0.1) is 0 Å². The van der Waals surface area contributed by atoms with E-state index in [1.165, 1.54) is 17.0 Å². The van der Waals surface area contributed by atoms with Gasteiger partial charge in [0.25, 0.3) is 5.91 Å². The highest BCUT2D eigenvalue weighted by atomic mass is 19.1. The lowest BCUT2D eigenvalue weighted by Gasteiger charge is -2.15. The van der Waals surface area contributed by atoms with Crippen LogP contribution in [0.5, 0.6) is 0 Å². The summed E-state index contributed by atoms with van der Waals surface area (Å²) in [5, 5.41) is 0.705. The first-order valence-corrected chi connectivity index (χ1v) is 6.17. The number of benzene rings is 2. The lowest BCUT2D eigenvalue weighted by atomic mass is 10.2. The maximum absolute atomic E-state index is 13.1. The van der Waals surface area contributed by atoms with Crippen LogP contribution in [0.25, 0.3) is 11.0 Å². The Kier molecular flexibility index (Phi) is 2.99. The van der Waals surface area contributed by atoms with Gasteiger partial charge in [-0.05, 0) is 30.3 Å². The summed E-state index contributed by atoms with van der Waals surface area (Å²) in [5.41, 5.74) is 1.14. The third-order valence-corrected chi connectivity index (χ3v) is 3.14. The molecule has 0 aliphatic carbocycles. The smallest absolute Gasteiger partial charge is 0.293 e. The minimum atomic E-state index is -0.387. The number of furan rings is 1. The molecule has 0 N–H and O–H groups in total. The molecular weight excluding hydrogens is 257 g/mol. The molecule has 0 radical (unpaired) electrons. The van der Waals surface area contributed by atoms with E-state index in [1.54, 1.807) is 19.2 Å². The maximum Gasteiger partial charge on any atom is 0.293 e. The van der Waals surface area contributed by atoms with E-state index in [-0.39, 0.29) is 17.5 Å². The number of amides is 1. The Morgan fingerprint density at radius 1 is 1.10 bits per heavy atom. The summed E-state index contributed by atoms with van der Waals surface area (Å²) in [6.07, 6.45) is 0. The zero-order valence-electron chi connectivity index (χ0n) is 10.8. The van der Waals surface area contributed by atoms with Crippen LogP contribution in [0.15, 0.2) is 59.0 Å². The SMILES string of the molecule is CN(C(=O)c1cc2ccc(F)cc2o1)c1ccccc1. The van der Waals surface area contributed by atoms with E-state index in [4.69, 9.17) is 4.42 Å². The largest absolute Gasteiger partial charge is 0.451 e. The fraction of sp³-hybridized carbons (Fsp3) is 0.0625. The van der Waals surface area contributed by atoms with Crippen molar-refractivity contribution in [2.75, 3.05) is 11.9 Å². The zero-order valence-corrected chi connectivity index (χ0v) is 10.8. The maximum atomic E-state index is 13.1. The molecule has 0 spiro atoms. The van der Waals surface area contributed by atoms with Crippen LogP contribution in [0.3, 0.4) is 0 Å². The Bertz CT molecular complexity index is 765. The van der Waals surface area contributed by atoms with Crippen molar-refractivity contribution in [3.63, 3.8) is 0 Å². The molecule has 0 aliphatic heterocycles. The normalized spacial score (nSPS) is 10.7. The van der Waals surface area contributed by atoms with Gasteiger partial charge in [0.15, 0.2) is 5.76 Å². The molecule has 20 heavy (non-hydrogen) atoms. The van der Waals surface area contributed by atoms with Crippen molar-refractivity contribution in [3.05, 3.63) is 66.2 Å². The zero-order chi connectivity index (χ0) is 14.1. The van der Waals surface area contributed by atoms with Crippen LogP contribution in [-0.4, -0.2) is 13.0 Å². The predicted molar refractivity (Wildman–Crippen MR) is 75.3 cm³/mol. The molecule has 100 valence electrons. The van der Waals surface area contributed by atoms with E-state index in [0.717, 1.165) is 5.69 Å². The second-order valence-corrected chi connectivity index (χ2v) is 4.49. The van der Waals surface area contributed by atoms with Gasteiger partial charge in [0, 0.05) is 24.2 Å². The number of carbonyl (C=O) groups excluding carboxylic acids is 1. The van der Waals surface area contributed by atoms with E-state index < -0.39 is 0 Å². The Labute approximate surface area is 115 Å². The number of halogens is 1. The van der Waals surface area contributed by atoms with E-state index in [2.05, 4.69) is 0 Å². The average molecular weight is 269 g/mol. The topological polar surface area (TPSA) is 33.5 Å². The Balaban J connectivity index is 1.96. The van der Waals surface area contributed by atoms with Crippen molar-refractivity contribution < 1.29 is 13.6 Å². The second kappa shape index (κ2) is 4.81. The quantitative estimate of drug-likeness (QED) is 0.708. The minimum Gasteiger partial charge on any atom is -0.451 e. The first-order chi connectivity index (χ1) is 9.65. The van der Waals surface area contributed by atoms with Crippen molar-refractivity contribution >= 4 is 22.6 Å². The lowest BCUT2D eigenvalue weighted by Crippen LogP contribution is -2.25. The summed E-state index contributed by atoms with van der Waals surface area (Å²) >= 11 is 0. The molecule has 0 atom stereocenters. The molecule has 0 bridgehead atoms. The standard InChI is InChI=1S/C16H12FNO2/c1-18(13-5-3-2-4-6-13)16(19)15-9-11-7-8-12(17)10-14(11)20-15/h2-10H,1H3. The summed E-state index contributed by atoms with van der Waals surface area (Å²) in [5.74, 6) is -0.466. The highest BCUT2D eigenvalue weighted by molar-refractivity contribution is 6.05. The number of anilines is 1. The highest BCUT2D eigenvalue weighted by Gasteiger charge is 2.18. The molecule has 0 fully saturated rings. The van der Waals surface area contributed by atoms with Gasteiger partial charge in [-0.2, -0.15) is 0 Å². The second-order valence-electron chi connectivity index (χ2n) is 4.49. The van der Waals surface area contributed by atoms with Crippen LogP contribution >= 0.6 is 0 Å². The third-order valence-electron chi connectivity index (χ3n) is 3.14. The molecule has 1 amide bonds. The van der Waals surface area contributed by atoms with E-state index >= 15 is 0 Å². The van der Waals surface area contributed by atoms with Gasteiger partial charge < -0.3 is 9.32 Å². The van der Waals surface area contributed by atoms with Crippen LogP contribution in [0.1, 0.15) is 10.6 Å². The van der Waals surface area contributed by atoms with Gasteiger partial charge in [0.1, 0.15) is 11.4 Å². The molecule has 3 aromatic rings. The van der Waals surface area contributed by atoms with Crippen LogP contribution in [0, 0.1) is 5.82 Å². The molecule has 4 heteroatoms. The average Bonchev–Trinajstić information content (AvgIpc) is 2.89. The monoisotopic (exact) mass is 269 g/mol. The summed E-state index contributed by atoms with van der Waals surface area (Å²) in [6.45, 7) is 0. The number of hydrogen-bond donors (Lipinski definition) is 0. The summed E-state index contributed by atoms with van der Waals surface area (Å²) < 4.78 is 18.5. The molecule has 0 saturated carbocycles. The van der Waals surface area contributed by atoms with Gasteiger partial charge in [-0.1, -0.05) is 18.2 Å². The fourth-order valence-electron chi connectivity index (χ4n) is 2.04. The van der Waals surface area contributed by atoms with E-state index in [0.29, 0.717) is 11.0 Å². The molecule has 0 unspecified atom stereocenters. The van der Waals surface area contributed by atoms with Gasteiger partial charge in [-0.15, -0.1) is 0 Å². The number of fused-ring (bicyclic) bond motifs is 1. The van der Waals surface area contributed by atoms with Crippen molar-refractivity contribution in [2.45, 2.75) is 0 Å².